The SMILES string of the molecule is CN(C(=O)c1ccc2cn[nH]c2c1)C1CCCCC1CN. The van der Waals surface area contributed by atoms with Crippen molar-refractivity contribution in [3.8, 4) is 0 Å². The standard InChI is InChI=1S/C16H22N4O/c1-20(15-5-3-2-4-12(15)9-17)16(21)11-6-7-13-10-18-19-14(13)8-11/h6-8,10,12,15H,2-5,9,17H2,1H3,(H,18,19). The molecule has 1 saturated carbocycles. The van der Waals surface area contributed by atoms with Gasteiger partial charge in [0.25, 0.3) is 5.91 Å². The van der Waals surface area contributed by atoms with Gasteiger partial charge in [-0.3, -0.25) is 9.89 Å². The van der Waals surface area contributed by atoms with Gasteiger partial charge in [0.2, 0.25) is 0 Å². The largest absolute Gasteiger partial charge is 0.338 e. The van der Waals surface area contributed by atoms with E-state index in [4.69, 9.17) is 5.73 Å². The number of aromatic amines is 1. The van der Waals surface area contributed by atoms with Crippen LogP contribution in [0.15, 0.2) is 24.4 Å². The zero-order chi connectivity index (χ0) is 14.8. The molecule has 0 radical (unpaired) electrons. The molecule has 112 valence electrons. The molecule has 1 amide bonds. The minimum Gasteiger partial charge on any atom is -0.338 e. The Morgan fingerprint density at radius 1 is 1.43 bits per heavy atom. The third-order valence-electron chi connectivity index (χ3n) is 4.68. The minimum atomic E-state index is 0.0665. The number of carbonyl (C=O) groups excluding carboxylic acids is 1. The number of amides is 1. The first-order chi connectivity index (χ1) is 10.2. The minimum absolute atomic E-state index is 0.0665. The van der Waals surface area contributed by atoms with Crippen LogP contribution in [0.3, 0.4) is 0 Å². The van der Waals surface area contributed by atoms with E-state index in [9.17, 15) is 4.79 Å². The van der Waals surface area contributed by atoms with Crippen molar-refractivity contribution in [3.05, 3.63) is 30.0 Å². The molecule has 0 saturated heterocycles. The summed E-state index contributed by atoms with van der Waals surface area (Å²) in [6, 6.07) is 5.94. The number of rotatable bonds is 3. The molecule has 3 N–H and O–H groups in total. The maximum Gasteiger partial charge on any atom is 0.253 e. The van der Waals surface area contributed by atoms with Crippen LogP contribution >= 0.6 is 0 Å². The molecule has 0 spiro atoms. The van der Waals surface area contributed by atoms with Crippen LogP contribution in [0.1, 0.15) is 36.0 Å². The Hall–Kier alpha value is -1.88. The first kappa shape index (κ1) is 14.1. The zero-order valence-corrected chi connectivity index (χ0v) is 12.4. The van der Waals surface area contributed by atoms with Crippen LogP contribution in [-0.4, -0.2) is 40.6 Å². The number of H-pyrrole nitrogens is 1. The number of carbonyl (C=O) groups is 1. The van der Waals surface area contributed by atoms with Gasteiger partial charge in [-0.2, -0.15) is 5.10 Å². The van der Waals surface area contributed by atoms with Crippen molar-refractivity contribution in [2.75, 3.05) is 13.6 Å². The van der Waals surface area contributed by atoms with Gasteiger partial charge in [0.1, 0.15) is 0 Å². The van der Waals surface area contributed by atoms with Gasteiger partial charge in [0.05, 0.1) is 11.7 Å². The summed E-state index contributed by atoms with van der Waals surface area (Å²) >= 11 is 0. The van der Waals surface area contributed by atoms with E-state index < -0.39 is 0 Å². The molecule has 1 aromatic heterocycles. The lowest BCUT2D eigenvalue weighted by molar-refractivity contribution is 0.0620. The molecule has 1 aromatic carbocycles. The summed E-state index contributed by atoms with van der Waals surface area (Å²) in [6.07, 6.45) is 6.34. The normalized spacial score (nSPS) is 22.4. The maximum atomic E-state index is 12.7. The second-order valence-electron chi connectivity index (χ2n) is 5.94. The molecular formula is C16H22N4O. The second kappa shape index (κ2) is 5.85. The third-order valence-corrected chi connectivity index (χ3v) is 4.68. The third kappa shape index (κ3) is 2.65. The van der Waals surface area contributed by atoms with Crippen LogP contribution in [0.25, 0.3) is 10.9 Å². The van der Waals surface area contributed by atoms with Crippen LogP contribution in [0.4, 0.5) is 0 Å². The van der Waals surface area contributed by atoms with Crippen molar-refractivity contribution < 1.29 is 4.79 Å². The quantitative estimate of drug-likeness (QED) is 0.908. The van der Waals surface area contributed by atoms with E-state index in [0.29, 0.717) is 18.0 Å². The summed E-state index contributed by atoms with van der Waals surface area (Å²) in [4.78, 5) is 14.6. The summed E-state index contributed by atoms with van der Waals surface area (Å²) in [6.45, 7) is 0.655. The number of hydrogen-bond acceptors (Lipinski definition) is 3. The van der Waals surface area contributed by atoms with Gasteiger partial charge in [-0.25, -0.2) is 0 Å². The first-order valence-corrected chi connectivity index (χ1v) is 7.61. The fraction of sp³-hybridized carbons (Fsp3) is 0.500. The first-order valence-electron chi connectivity index (χ1n) is 7.61. The van der Waals surface area contributed by atoms with Gasteiger partial charge in [-0.05, 0) is 37.4 Å². The molecular weight excluding hydrogens is 264 g/mol. The Morgan fingerprint density at radius 3 is 3.05 bits per heavy atom. The zero-order valence-electron chi connectivity index (χ0n) is 12.4. The van der Waals surface area contributed by atoms with E-state index in [0.717, 1.165) is 23.7 Å². The number of benzene rings is 1. The Kier molecular flexibility index (Phi) is 3.92. The number of nitrogens with zero attached hydrogens (tertiary/aromatic N) is 2. The monoisotopic (exact) mass is 286 g/mol. The van der Waals surface area contributed by atoms with Crippen LogP contribution in [0.5, 0.6) is 0 Å². The molecule has 1 fully saturated rings. The van der Waals surface area contributed by atoms with Crippen molar-refractivity contribution in [2.24, 2.45) is 11.7 Å². The Labute approximate surface area is 124 Å². The maximum absolute atomic E-state index is 12.7. The van der Waals surface area contributed by atoms with Crippen LogP contribution in [0.2, 0.25) is 0 Å². The summed E-state index contributed by atoms with van der Waals surface area (Å²) in [5.41, 5.74) is 7.48. The molecule has 1 heterocycles. The van der Waals surface area contributed by atoms with Crippen LogP contribution < -0.4 is 5.73 Å². The topological polar surface area (TPSA) is 75.0 Å². The van der Waals surface area contributed by atoms with E-state index >= 15 is 0 Å². The van der Waals surface area contributed by atoms with E-state index in [1.807, 2.05) is 30.1 Å². The van der Waals surface area contributed by atoms with Crippen molar-refractivity contribution in [3.63, 3.8) is 0 Å². The molecule has 3 rings (SSSR count). The summed E-state index contributed by atoms with van der Waals surface area (Å²) < 4.78 is 0. The highest BCUT2D eigenvalue weighted by atomic mass is 16.2. The average Bonchev–Trinajstić information content (AvgIpc) is 3.00. The number of nitrogens with two attached hydrogens (primary N) is 1. The van der Waals surface area contributed by atoms with Crippen molar-refractivity contribution in [1.82, 2.24) is 15.1 Å². The van der Waals surface area contributed by atoms with Gasteiger partial charge in [-0.1, -0.05) is 18.9 Å². The summed E-state index contributed by atoms with van der Waals surface area (Å²) in [7, 11) is 1.90. The molecule has 2 atom stereocenters. The Bertz CT molecular complexity index is 636. The summed E-state index contributed by atoms with van der Waals surface area (Å²) in [5.74, 6) is 0.487. The van der Waals surface area contributed by atoms with Crippen molar-refractivity contribution >= 4 is 16.8 Å². The van der Waals surface area contributed by atoms with E-state index in [1.165, 1.54) is 12.8 Å². The van der Waals surface area contributed by atoms with E-state index in [2.05, 4.69) is 10.2 Å². The fourth-order valence-electron chi connectivity index (χ4n) is 3.40. The van der Waals surface area contributed by atoms with Gasteiger partial charge >= 0.3 is 0 Å². The van der Waals surface area contributed by atoms with Crippen LogP contribution in [0, 0.1) is 5.92 Å². The predicted octanol–water partition coefficient (Wildman–Crippen LogP) is 2.15. The van der Waals surface area contributed by atoms with E-state index in [1.54, 1.807) is 6.20 Å². The molecule has 21 heavy (non-hydrogen) atoms. The number of nitrogens with one attached hydrogen (secondary N) is 1. The molecule has 5 heteroatoms. The summed E-state index contributed by atoms with van der Waals surface area (Å²) in [5, 5.41) is 7.93. The molecule has 1 aliphatic rings. The fourth-order valence-corrected chi connectivity index (χ4v) is 3.40. The van der Waals surface area contributed by atoms with E-state index in [-0.39, 0.29) is 11.9 Å². The van der Waals surface area contributed by atoms with Crippen molar-refractivity contribution in [1.29, 1.82) is 0 Å². The Balaban J connectivity index is 1.82. The second-order valence-corrected chi connectivity index (χ2v) is 5.94. The predicted molar refractivity (Wildman–Crippen MR) is 83.0 cm³/mol. The van der Waals surface area contributed by atoms with Crippen LogP contribution in [-0.2, 0) is 0 Å². The van der Waals surface area contributed by atoms with Crippen molar-refractivity contribution in [2.45, 2.75) is 31.7 Å². The average molecular weight is 286 g/mol. The highest BCUT2D eigenvalue weighted by Crippen LogP contribution is 2.28. The lowest BCUT2D eigenvalue weighted by Crippen LogP contribution is -2.45. The molecule has 2 aromatic rings. The lowest BCUT2D eigenvalue weighted by atomic mass is 9.83. The highest BCUT2D eigenvalue weighted by Gasteiger charge is 2.30. The molecule has 2 unspecified atom stereocenters. The smallest absolute Gasteiger partial charge is 0.253 e. The molecule has 0 aliphatic heterocycles. The van der Waals surface area contributed by atoms with Gasteiger partial charge < -0.3 is 10.6 Å². The highest BCUT2D eigenvalue weighted by molar-refractivity contribution is 5.97. The van der Waals surface area contributed by atoms with Gasteiger partial charge in [0.15, 0.2) is 0 Å². The van der Waals surface area contributed by atoms with Gasteiger partial charge in [-0.15, -0.1) is 0 Å². The molecule has 1 aliphatic carbocycles. The number of hydrogen-bond donors (Lipinski definition) is 2. The number of aromatic nitrogens is 2. The van der Waals surface area contributed by atoms with Gasteiger partial charge in [0, 0.05) is 24.0 Å². The molecule has 5 nitrogen and oxygen atoms in total. The lowest BCUT2D eigenvalue weighted by Gasteiger charge is -2.37. The number of fused-ring (bicyclic) bond motifs is 1. The Morgan fingerprint density at radius 2 is 2.24 bits per heavy atom. The molecule has 0 bridgehead atoms.